The van der Waals surface area contributed by atoms with Crippen molar-refractivity contribution in [1.82, 2.24) is 10.6 Å². The molecule has 0 atom stereocenters. The first-order chi connectivity index (χ1) is 12.8. The summed E-state index contributed by atoms with van der Waals surface area (Å²) in [7, 11) is -3.19. The lowest BCUT2D eigenvalue weighted by atomic mass is 10.1. The van der Waals surface area contributed by atoms with Crippen LogP contribution in [0.1, 0.15) is 18.1 Å². The number of guanidine groups is 1. The van der Waals surface area contributed by atoms with Gasteiger partial charge in [0.1, 0.15) is 0 Å². The molecule has 0 aromatic heterocycles. The van der Waals surface area contributed by atoms with E-state index < -0.39 is 15.7 Å². The first-order valence-electron chi connectivity index (χ1n) is 8.58. The van der Waals surface area contributed by atoms with E-state index in [-0.39, 0.29) is 12.3 Å². The fraction of sp³-hybridized carbons (Fsp3) is 0.316. The number of rotatable bonds is 7. The van der Waals surface area contributed by atoms with Crippen LogP contribution in [0.5, 0.6) is 5.75 Å². The predicted molar refractivity (Wildman–Crippen MR) is 104 cm³/mol. The molecule has 0 saturated heterocycles. The highest BCUT2D eigenvalue weighted by Crippen LogP contribution is 2.16. The van der Waals surface area contributed by atoms with Crippen LogP contribution in [0, 0.1) is 5.82 Å². The summed E-state index contributed by atoms with van der Waals surface area (Å²) in [5.74, 6) is -0.452. The van der Waals surface area contributed by atoms with Gasteiger partial charge in [-0.05, 0) is 48.7 Å². The van der Waals surface area contributed by atoms with Crippen LogP contribution in [0.25, 0.3) is 0 Å². The predicted octanol–water partition coefficient (Wildman–Crippen LogP) is 2.23. The lowest BCUT2D eigenvalue weighted by Gasteiger charge is -2.11. The smallest absolute Gasteiger partial charge is 0.191 e. The summed E-state index contributed by atoms with van der Waals surface area (Å²) in [5, 5.41) is 15.5. The van der Waals surface area contributed by atoms with Gasteiger partial charge in [-0.3, -0.25) is 0 Å². The molecule has 6 nitrogen and oxygen atoms in total. The monoisotopic (exact) mass is 393 g/mol. The summed E-state index contributed by atoms with van der Waals surface area (Å²) in [4.78, 5) is 4.70. The minimum atomic E-state index is -3.19. The van der Waals surface area contributed by atoms with Gasteiger partial charge in [-0.25, -0.2) is 17.8 Å². The number of halogens is 1. The maximum Gasteiger partial charge on any atom is 0.191 e. The van der Waals surface area contributed by atoms with Crippen LogP contribution in [0.15, 0.2) is 52.4 Å². The van der Waals surface area contributed by atoms with Gasteiger partial charge in [0.05, 0.1) is 11.4 Å². The second kappa shape index (κ2) is 9.36. The molecule has 0 saturated carbocycles. The van der Waals surface area contributed by atoms with Crippen LogP contribution in [-0.4, -0.2) is 38.8 Å². The highest BCUT2D eigenvalue weighted by Gasteiger charge is 2.06. The lowest BCUT2D eigenvalue weighted by molar-refractivity contribution is 0.432. The average Bonchev–Trinajstić information content (AvgIpc) is 2.62. The highest BCUT2D eigenvalue weighted by atomic mass is 32.2. The highest BCUT2D eigenvalue weighted by molar-refractivity contribution is 7.90. The van der Waals surface area contributed by atoms with Crippen molar-refractivity contribution >= 4 is 15.8 Å². The third-order valence-electron chi connectivity index (χ3n) is 3.83. The molecule has 0 aliphatic carbocycles. The summed E-state index contributed by atoms with van der Waals surface area (Å²) in [6, 6.07) is 11.0. The maximum atomic E-state index is 13.4. The number of sulfone groups is 1. The van der Waals surface area contributed by atoms with Gasteiger partial charge in [0.2, 0.25) is 0 Å². The molecule has 2 rings (SSSR count). The van der Waals surface area contributed by atoms with Gasteiger partial charge in [-0.2, -0.15) is 0 Å². The fourth-order valence-electron chi connectivity index (χ4n) is 2.39. The van der Waals surface area contributed by atoms with E-state index in [1.807, 2.05) is 6.92 Å². The van der Waals surface area contributed by atoms with Gasteiger partial charge in [0, 0.05) is 19.3 Å². The number of aliphatic imine (C=N–C) groups is 1. The Hall–Kier alpha value is -2.61. The summed E-state index contributed by atoms with van der Waals surface area (Å²) < 4.78 is 36.3. The van der Waals surface area contributed by atoms with E-state index in [0.717, 1.165) is 5.56 Å². The van der Waals surface area contributed by atoms with Gasteiger partial charge in [0.15, 0.2) is 27.4 Å². The van der Waals surface area contributed by atoms with Crippen LogP contribution in [0.2, 0.25) is 0 Å². The SMILES string of the molecule is CCNC(=NCc1ccc(O)c(F)c1)NCCc1ccc(S(C)(=O)=O)cc1. The molecular formula is C19H24FN3O3S. The Morgan fingerprint density at radius 3 is 2.37 bits per heavy atom. The Kier molecular flexibility index (Phi) is 7.18. The van der Waals surface area contributed by atoms with E-state index in [1.165, 1.54) is 18.4 Å². The largest absolute Gasteiger partial charge is 0.505 e. The molecule has 8 heteroatoms. The normalized spacial score (nSPS) is 12.0. The molecular weight excluding hydrogens is 369 g/mol. The number of phenols is 1. The first-order valence-corrected chi connectivity index (χ1v) is 10.5. The number of benzene rings is 2. The number of hydrogen-bond donors (Lipinski definition) is 3. The summed E-state index contributed by atoms with van der Waals surface area (Å²) in [6.45, 7) is 3.50. The molecule has 0 unspecified atom stereocenters. The second-order valence-corrected chi connectivity index (χ2v) is 8.09. The number of nitrogens with zero attached hydrogens (tertiary/aromatic N) is 1. The van der Waals surface area contributed by atoms with Crippen molar-refractivity contribution in [2.24, 2.45) is 4.99 Å². The van der Waals surface area contributed by atoms with E-state index in [9.17, 15) is 17.9 Å². The van der Waals surface area contributed by atoms with Crippen molar-refractivity contribution in [3.05, 3.63) is 59.4 Å². The maximum absolute atomic E-state index is 13.4. The second-order valence-electron chi connectivity index (χ2n) is 6.07. The zero-order valence-corrected chi connectivity index (χ0v) is 16.2. The summed E-state index contributed by atoms with van der Waals surface area (Å²) in [6.07, 6.45) is 1.88. The van der Waals surface area contributed by atoms with E-state index in [0.29, 0.717) is 35.9 Å². The van der Waals surface area contributed by atoms with E-state index >= 15 is 0 Å². The zero-order chi connectivity index (χ0) is 19.9. The van der Waals surface area contributed by atoms with E-state index in [4.69, 9.17) is 0 Å². The van der Waals surface area contributed by atoms with Crippen molar-refractivity contribution in [1.29, 1.82) is 0 Å². The standard InChI is InChI=1S/C19H24FN3O3S/c1-3-21-19(23-13-15-6-9-18(24)17(20)12-15)22-11-10-14-4-7-16(8-5-14)27(2,25)26/h4-9,12,24H,3,10-11,13H2,1-2H3,(H2,21,22,23). The Morgan fingerprint density at radius 1 is 1.11 bits per heavy atom. The Bertz CT molecular complexity index is 897. The third-order valence-corrected chi connectivity index (χ3v) is 4.96. The van der Waals surface area contributed by atoms with Gasteiger partial charge < -0.3 is 15.7 Å². The third kappa shape index (κ3) is 6.56. The fourth-order valence-corrected chi connectivity index (χ4v) is 3.02. The summed E-state index contributed by atoms with van der Waals surface area (Å²) in [5.41, 5.74) is 1.66. The molecule has 0 fully saturated rings. The van der Waals surface area contributed by atoms with Gasteiger partial charge in [0.25, 0.3) is 0 Å². The van der Waals surface area contributed by atoms with E-state index in [2.05, 4.69) is 15.6 Å². The zero-order valence-electron chi connectivity index (χ0n) is 15.4. The molecule has 0 amide bonds. The van der Waals surface area contributed by atoms with Crippen LogP contribution in [0.4, 0.5) is 4.39 Å². The molecule has 0 bridgehead atoms. The van der Waals surface area contributed by atoms with Gasteiger partial charge in [-0.1, -0.05) is 18.2 Å². The van der Waals surface area contributed by atoms with Crippen LogP contribution in [-0.2, 0) is 22.8 Å². The van der Waals surface area contributed by atoms with Crippen LogP contribution in [0.3, 0.4) is 0 Å². The molecule has 0 radical (unpaired) electrons. The number of hydrogen-bond acceptors (Lipinski definition) is 4. The quantitative estimate of drug-likeness (QED) is 0.496. The number of aromatic hydroxyl groups is 1. The van der Waals surface area contributed by atoms with Crippen molar-refractivity contribution in [3.63, 3.8) is 0 Å². The average molecular weight is 393 g/mol. The van der Waals surface area contributed by atoms with Crippen molar-refractivity contribution in [2.45, 2.75) is 24.8 Å². The molecule has 146 valence electrons. The summed E-state index contributed by atoms with van der Waals surface area (Å²) >= 11 is 0. The van der Waals surface area contributed by atoms with Crippen LogP contribution >= 0.6 is 0 Å². The molecule has 0 spiro atoms. The molecule has 0 aliphatic rings. The Balaban J connectivity index is 1.92. The van der Waals surface area contributed by atoms with Crippen molar-refractivity contribution in [3.8, 4) is 5.75 Å². The Labute approximate surface area is 159 Å². The minimum Gasteiger partial charge on any atom is -0.505 e. The molecule has 0 heterocycles. The van der Waals surface area contributed by atoms with Gasteiger partial charge >= 0.3 is 0 Å². The number of phenolic OH excluding ortho intramolecular Hbond substituents is 1. The topological polar surface area (TPSA) is 90.8 Å². The lowest BCUT2D eigenvalue weighted by Crippen LogP contribution is -2.38. The molecule has 0 aliphatic heterocycles. The number of nitrogens with one attached hydrogen (secondary N) is 2. The molecule has 3 N–H and O–H groups in total. The van der Waals surface area contributed by atoms with Crippen molar-refractivity contribution in [2.75, 3.05) is 19.3 Å². The minimum absolute atomic E-state index is 0.273. The Morgan fingerprint density at radius 2 is 1.78 bits per heavy atom. The van der Waals surface area contributed by atoms with E-state index in [1.54, 1.807) is 30.3 Å². The van der Waals surface area contributed by atoms with Crippen LogP contribution < -0.4 is 10.6 Å². The van der Waals surface area contributed by atoms with Gasteiger partial charge in [-0.15, -0.1) is 0 Å². The first kappa shape index (κ1) is 20.7. The molecule has 2 aromatic carbocycles. The molecule has 2 aromatic rings. The molecule has 27 heavy (non-hydrogen) atoms. The van der Waals surface area contributed by atoms with Crippen molar-refractivity contribution < 1.29 is 17.9 Å².